The van der Waals surface area contributed by atoms with Gasteiger partial charge in [0.15, 0.2) is 0 Å². The van der Waals surface area contributed by atoms with Crippen molar-refractivity contribution >= 4 is 47.1 Å². The van der Waals surface area contributed by atoms with Crippen molar-refractivity contribution in [3.8, 4) is 5.75 Å². The molecule has 0 radical (unpaired) electrons. The van der Waals surface area contributed by atoms with Crippen molar-refractivity contribution in [1.29, 1.82) is 0 Å². The maximum absolute atomic E-state index is 10.3. The van der Waals surface area contributed by atoms with E-state index in [1.165, 1.54) is 24.3 Å². The number of carboxylic acids is 2. The Morgan fingerprint density at radius 2 is 1.63 bits per heavy atom. The molecule has 43 heavy (non-hydrogen) atoms. The van der Waals surface area contributed by atoms with Gasteiger partial charge in [0.05, 0.1) is 28.5 Å². The van der Waals surface area contributed by atoms with Crippen molar-refractivity contribution < 1.29 is 34.3 Å². The molecule has 234 valence electrons. The first-order valence-electron chi connectivity index (χ1n) is 12.8. The van der Waals surface area contributed by atoms with Gasteiger partial charge in [0.25, 0.3) is 5.69 Å². The second-order valence-electron chi connectivity index (χ2n) is 8.53. The Morgan fingerprint density at radius 3 is 2.07 bits per heavy atom. The van der Waals surface area contributed by atoms with Crippen LogP contribution in [0, 0.1) is 10.1 Å². The number of nitro benzene ring substituents is 1. The van der Waals surface area contributed by atoms with Crippen LogP contribution < -0.4 is 21.9 Å². The van der Waals surface area contributed by atoms with Crippen LogP contribution in [0.2, 0.25) is 10.0 Å². The molecular formula is C29H36Cl2N4O8. The van der Waals surface area contributed by atoms with Gasteiger partial charge in [-0.1, -0.05) is 53.9 Å². The molecule has 3 aromatic carbocycles. The number of halogens is 2. The Kier molecular flexibility index (Phi) is 20.4. The van der Waals surface area contributed by atoms with Gasteiger partial charge in [0, 0.05) is 29.8 Å². The third-order valence-electron chi connectivity index (χ3n) is 5.28. The standard InChI is InChI=1S/C8H6Cl2O2.C8H11NO.C7H5NO3.C6H14N2O2/c9-6-2-1-5(3-7(6)10)4-8(11)12;1-10-8-5-3-2-4-7(8)6-9;9-5-6-1-3-7(4-2-6)8(10)11;7-4-2-1-3-5(8)6(9)10/h1-3H,4H2,(H,11,12);2-5H,6,9H2,1H3;1-5H;5H,1-4,7-8H2,(H,9,10)/t;;;5-/m...0/s1. The highest BCUT2D eigenvalue weighted by molar-refractivity contribution is 6.42. The van der Waals surface area contributed by atoms with E-state index in [0.29, 0.717) is 47.0 Å². The second-order valence-corrected chi connectivity index (χ2v) is 9.35. The molecule has 14 heteroatoms. The first-order chi connectivity index (χ1) is 20.4. The molecule has 0 unspecified atom stereocenters. The summed E-state index contributed by atoms with van der Waals surface area (Å²) in [5.41, 5.74) is 18.0. The van der Waals surface area contributed by atoms with E-state index in [4.69, 9.17) is 55.4 Å². The van der Waals surface area contributed by atoms with Crippen LogP contribution in [0.25, 0.3) is 0 Å². The highest BCUT2D eigenvalue weighted by Gasteiger charge is 2.09. The summed E-state index contributed by atoms with van der Waals surface area (Å²) in [5.74, 6) is -0.949. The predicted molar refractivity (Wildman–Crippen MR) is 166 cm³/mol. The number of rotatable bonds is 11. The number of nitrogens with two attached hydrogens (primary N) is 3. The maximum atomic E-state index is 10.3. The van der Waals surface area contributed by atoms with E-state index in [-0.39, 0.29) is 12.1 Å². The van der Waals surface area contributed by atoms with Crippen molar-refractivity contribution in [3.05, 3.63) is 104 Å². The van der Waals surface area contributed by atoms with Gasteiger partial charge in [0.1, 0.15) is 18.1 Å². The van der Waals surface area contributed by atoms with E-state index in [1.807, 2.05) is 24.3 Å². The molecule has 0 fully saturated rings. The van der Waals surface area contributed by atoms with Gasteiger partial charge in [-0.3, -0.25) is 24.5 Å². The van der Waals surface area contributed by atoms with Crippen LogP contribution in [0.1, 0.15) is 40.7 Å². The smallest absolute Gasteiger partial charge is 0.320 e. The highest BCUT2D eigenvalue weighted by atomic mass is 35.5. The van der Waals surface area contributed by atoms with Gasteiger partial charge >= 0.3 is 11.9 Å². The highest BCUT2D eigenvalue weighted by Crippen LogP contribution is 2.22. The zero-order chi connectivity index (χ0) is 32.8. The molecule has 0 saturated carbocycles. The number of hydrogen-bond acceptors (Lipinski definition) is 9. The van der Waals surface area contributed by atoms with Crippen LogP contribution >= 0.6 is 23.2 Å². The van der Waals surface area contributed by atoms with Crippen molar-refractivity contribution in [2.75, 3.05) is 13.7 Å². The fourth-order valence-corrected chi connectivity index (χ4v) is 3.32. The summed E-state index contributed by atoms with van der Waals surface area (Å²) in [6, 6.07) is 17.2. The molecule has 0 spiro atoms. The molecule has 0 aliphatic heterocycles. The molecule has 0 aromatic heterocycles. The average Bonchev–Trinajstić information content (AvgIpc) is 2.99. The lowest BCUT2D eigenvalue weighted by atomic mass is 10.1. The summed E-state index contributed by atoms with van der Waals surface area (Å²) in [6.45, 7) is 1.14. The number of methoxy groups -OCH3 is 1. The summed E-state index contributed by atoms with van der Waals surface area (Å²) in [7, 11) is 1.65. The topological polar surface area (TPSA) is 222 Å². The fraction of sp³-hybridized carbons (Fsp3) is 0.276. The summed E-state index contributed by atoms with van der Waals surface area (Å²) in [6.07, 6.45) is 2.78. The third-order valence-corrected chi connectivity index (χ3v) is 6.02. The molecule has 0 aliphatic carbocycles. The van der Waals surface area contributed by atoms with E-state index in [0.717, 1.165) is 24.2 Å². The first kappa shape index (κ1) is 38.9. The van der Waals surface area contributed by atoms with Gasteiger partial charge in [-0.15, -0.1) is 0 Å². The first-order valence-corrected chi connectivity index (χ1v) is 13.5. The minimum Gasteiger partial charge on any atom is -0.496 e. The lowest BCUT2D eigenvalue weighted by Gasteiger charge is -2.03. The number of nitrogens with zero attached hydrogens (tertiary/aromatic N) is 1. The Hall–Kier alpha value is -4.07. The molecule has 0 amide bonds. The number of carbonyl (C=O) groups excluding carboxylic acids is 1. The molecule has 0 saturated heterocycles. The van der Waals surface area contributed by atoms with Crippen LogP contribution in [0.4, 0.5) is 5.69 Å². The number of benzene rings is 3. The van der Waals surface area contributed by atoms with Gasteiger partial charge < -0.3 is 32.2 Å². The van der Waals surface area contributed by atoms with Crippen LogP contribution in [0.3, 0.4) is 0 Å². The van der Waals surface area contributed by atoms with Crippen LogP contribution in [-0.4, -0.2) is 53.1 Å². The predicted octanol–water partition coefficient (Wildman–Crippen LogP) is 4.71. The summed E-state index contributed by atoms with van der Waals surface area (Å²) in [5, 5.41) is 27.7. The van der Waals surface area contributed by atoms with Gasteiger partial charge in [0.2, 0.25) is 0 Å². The van der Waals surface area contributed by atoms with Crippen molar-refractivity contribution in [1.82, 2.24) is 0 Å². The molecular weight excluding hydrogens is 603 g/mol. The summed E-state index contributed by atoms with van der Waals surface area (Å²) in [4.78, 5) is 40.2. The second kappa shape index (κ2) is 22.5. The zero-order valence-corrected chi connectivity index (χ0v) is 25.0. The Bertz CT molecular complexity index is 1270. The Balaban J connectivity index is 0.000000549. The van der Waals surface area contributed by atoms with Gasteiger partial charge in [-0.2, -0.15) is 0 Å². The fourth-order valence-electron chi connectivity index (χ4n) is 3.00. The van der Waals surface area contributed by atoms with E-state index in [1.54, 1.807) is 25.3 Å². The largest absolute Gasteiger partial charge is 0.496 e. The van der Waals surface area contributed by atoms with Crippen molar-refractivity contribution in [3.63, 3.8) is 0 Å². The van der Waals surface area contributed by atoms with Gasteiger partial charge in [-0.05, 0) is 55.3 Å². The number of para-hydroxylation sites is 1. The molecule has 0 heterocycles. The number of carboxylic acid groups (broad SMARTS) is 2. The molecule has 8 N–H and O–H groups in total. The van der Waals surface area contributed by atoms with E-state index in [2.05, 4.69) is 0 Å². The molecule has 12 nitrogen and oxygen atoms in total. The van der Waals surface area contributed by atoms with Crippen LogP contribution in [-0.2, 0) is 22.6 Å². The summed E-state index contributed by atoms with van der Waals surface area (Å²) < 4.78 is 5.06. The van der Waals surface area contributed by atoms with Crippen molar-refractivity contribution in [2.45, 2.75) is 38.3 Å². The minimum atomic E-state index is -0.933. The number of aldehydes is 1. The van der Waals surface area contributed by atoms with E-state index >= 15 is 0 Å². The molecule has 3 aromatic rings. The minimum absolute atomic E-state index is 0.00407. The molecule has 0 bridgehead atoms. The molecule has 1 atom stereocenters. The third kappa shape index (κ3) is 17.5. The van der Waals surface area contributed by atoms with Crippen LogP contribution in [0.5, 0.6) is 5.75 Å². The number of non-ortho nitro benzene ring substituents is 1. The van der Waals surface area contributed by atoms with Crippen LogP contribution in [0.15, 0.2) is 66.7 Å². The number of hydrogen-bond donors (Lipinski definition) is 5. The van der Waals surface area contributed by atoms with E-state index in [9.17, 15) is 24.5 Å². The van der Waals surface area contributed by atoms with E-state index < -0.39 is 22.9 Å². The molecule has 3 rings (SSSR count). The number of carbonyl (C=O) groups is 3. The number of unbranched alkanes of at least 4 members (excludes halogenated alkanes) is 1. The van der Waals surface area contributed by atoms with Gasteiger partial charge in [-0.25, -0.2) is 0 Å². The molecule has 0 aliphatic rings. The summed E-state index contributed by atoms with van der Waals surface area (Å²) >= 11 is 11.3. The van der Waals surface area contributed by atoms with Crippen molar-refractivity contribution in [2.24, 2.45) is 17.2 Å². The monoisotopic (exact) mass is 638 g/mol. The zero-order valence-electron chi connectivity index (χ0n) is 23.5. The number of aliphatic carboxylic acids is 2. The number of ether oxygens (including phenoxy) is 1. The lowest BCUT2D eigenvalue weighted by Crippen LogP contribution is -2.29. The maximum Gasteiger partial charge on any atom is 0.320 e. The number of nitro groups is 1. The SMILES string of the molecule is COc1ccccc1CN.NCCCC[C@H](N)C(=O)O.O=C(O)Cc1ccc(Cl)c(Cl)c1.O=Cc1ccc([N+](=O)[O-])cc1. The normalized spacial score (nSPS) is 10.3. The average molecular weight is 640 g/mol. The Labute approximate surface area is 259 Å². The lowest BCUT2D eigenvalue weighted by molar-refractivity contribution is -0.384. The Morgan fingerprint density at radius 1 is 1.00 bits per heavy atom. The quantitative estimate of drug-likeness (QED) is 0.0836.